The molecule has 0 unspecified atom stereocenters. The van der Waals surface area contributed by atoms with Crippen LogP contribution in [0.25, 0.3) is 11.1 Å². The van der Waals surface area contributed by atoms with E-state index in [0.29, 0.717) is 36.8 Å². The second kappa shape index (κ2) is 7.64. The number of hydrogen-bond donors (Lipinski definition) is 2. The smallest absolute Gasteiger partial charge is 0.306 e. The Bertz CT molecular complexity index is 812. The topological polar surface area (TPSA) is 66.4 Å². The van der Waals surface area contributed by atoms with Gasteiger partial charge in [0.1, 0.15) is 11.6 Å². The molecule has 1 saturated carbocycles. The molecule has 1 aliphatic carbocycles. The number of carboxylic acid groups (broad SMARTS) is 1. The first kappa shape index (κ1) is 18.0. The van der Waals surface area contributed by atoms with Gasteiger partial charge in [0.05, 0.1) is 11.5 Å². The minimum Gasteiger partial charge on any atom is -0.481 e. The Labute approximate surface area is 149 Å². The summed E-state index contributed by atoms with van der Waals surface area (Å²) < 4.78 is 27.4. The molecule has 1 amide bonds. The van der Waals surface area contributed by atoms with Crippen molar-refractivity contribution in [2.24, 2.45) is 5.92 Å². The van der Waals surface area contributed by atoms with Crippen molar-refractivity contribution in [2.75, 3.05) is 0 Å². The van der Waals surface area contributed by atoms with Crippen molar-refractivity contribution in [3.63, 3.8) is 0 Å². The van der Waals surface area contributed by atoms with E-state index in [1.807, 2.05) is 0 Å². The Kier molecular flexibility index (Phi) is 5.30. The van der Waals surface area contributed by atoms with Gasteiger partial charge in [-0.2, -0.15) is 0 Å². The van der Waals surface area contributed by atoms with E-state index < -0.39 is 17.7 Å². The normalized spacial score (nSPS) is 19.8. The third-order valence-electron chi connectivity index (χ3n) is 4.80. The average Bonchev–Trinajstić information content (AvgIpc) is 2.62. The number of hydrogen-bond acceptors (Lipinski definition) is 2. The zero-order valence-electron chi connectivity index (χ0n) is 14.0. The molecule has 0 radical (unpaired) electrons. The highest BCUT2D eigenvalue weighted by atomic mass is 19.1. The van der Waals surface area contributed by atoms with Crippen molar-refractivity contribution >= 4 is 11.9 Å². The average molecular weight is 359 g/mol. The quantitative estimate of drug-likeness (QED) is 0.867. The highest BCUT2D eigenvalue weighted by Crippen LogP contribution is 2.26. The van der Waals surface area contributed by atoms with E-state index in [2.05, 4.69) is 5.32 Å². The van der Waals surface area contributed by atoms with Gasteiger partial charge < -0.3 is 10.4 Å². The Morgan fingerprint density at radius 3 is 2.12 bits per heavy atom. The highest BCUT2D eigenvalue weighted by Gasteiger charge is 2.27. The van der Waals surface area contributed by atoms with Crippen LogP contribution in [0.15, 0.2) is 42.5 Å². The molecule has 0 heterocycles. The Morgan fingerprint density at radius 1 is 0.923 bits per heavy atom. The lowest BCUT2D eigenvalue weighted by atomic mass is 9.86. The monoisotopic (exact) mass is 359 g/mol. The molecule has 2 N–H and O–H groups in total. The van der Waals surface area contributed by atoms with E-state index >= 15 is 0 Å². The Balaban J connectivity index is 1.67. The van der Waals surface area contributed by atoms with Crippen LogP contribution in [0.5, 0.6) is 0 Å². The summed E-state index contributed by atoms with van der Waals surface area (Å²) in [4.78, 5) is 23.3. The van der Waals surface area contributed by atoms with E-state index in [-0.39, 0.29) is 23.3 Å². The fraction of sp³-hybridized carbons (Fsp3) is 0.300. The van der Waals surface area contributed by atoms with Gasteiger partial charge in [0.25, 0.3) is 5.91 Å². The van der Waals surface area contributed by atoms with Crippen LogP contribution in [0, 0.1) is 17.6 Å². The van der Waals surface area contributed by atoms with Crippen molar-refractivity contribution in [3.05, 3.63) is 59.7 Å². The largest absolute Gasteiger partial charge is 0.481 e. The predicted molar refractivity (Wildman–Crippen MR) is 92.6 cm³/mol. The van der Waals surface area contributed by atoms with Crippen LogP contribution in [0.4, 0.5) is 8.78 Å². The molecule has 136 valence electrons. The van der Waals surface area contributed by atoms with Crippen molar-refractivity contribution in [1.29, 1.82) is 0 Å². The maximum Gasteiger partial charge on any atom is 0.306 e. The molecule has 1 aliphatic rings. The molecule has 0 aliphatic heterocycles. The van der Waals surface area contributed by atoms with Gasteiger partial charge in [-0.3, -0.25) is 9.59 Å². The van der Waals surface area contributed by atoms with Gasteiger partial charge in [-0.05, 0) is 61.1 Å². The van der Waals surface area contributed by atoms with Gasteiger partial charge in [0.2, 0.25) is 0 Å². The zero-order chi connectivity index (χ0) is 18.7. The number of aliphatic carboxylic acids is 1. The number of nitrogens with one attached hydrogen (secondary N) is 1. The molecule has 26 heavy (non-hydrogen) atoms. The predicted octanol–water partition coefficient (Wildman–Crippen LogP) is 4.01. The van der Waals surface area contributed by atoms with Crippen LogP contribution in [0.2, 0.25) is 0 Å². The number of carbonyl (C=O) groups is 2. The first-order chi connectivity index (χ1) is 12.4. The first-order valence-corrected chi connectivity index (χ1v) is 8.53. The molecule has 2 aromatic rings. The van der Waals surface area contributed by atoms with Crippen LogP contribution >= 0.6 is 0 Å². The fourth-order valence-electron chi connectivity index (χ4n) is 3.27. The van der Waals surface area contributed by atoms with Crippen molar-refractivity contribution < 1.29 is 23.5 Å². The SMILES string of the molecule is O=C(NC1CCC(C(=O)O)CC1)c1ccc(-c2ccc(F)cc2)cc1F. The lowest BCUT2D eigenvalue weighted by Gasteiger charge is -2.26. The number of rotatable bonds is 4. The lowest BCUT2D eigenvalue weighted by Crippen LogP contribution is -2.39. The molecule has 0 aromatic heterocycles. The van der Waals surface area contributed by atoms with Crippen molar-refractivity contribution in [2.45, 2.75) is 31.7 Å². The number of carboxylic acids is 1. The number of benzene rings is 2. The third-order valence-corrected chi connectivity index (χ3v) is 4.80. The molecule has 0 atom stereocenters. The van der Waals surface area contributed by atoms with Gasteiger partial charge in [-0.1, -0.05) is 18.2 Å². The molecule has 0 saturated heterocycles. The summed E-state index contributed by atoms with van der Waals surface area (Å²) in [7, 11) is 0. The molecular weight excluding hydrogens is 340 g/mol. The molecule has 6 heteroatoms. The standard InChI is InChI=1S/C20H19F2NO3/c21-15-6-1-12(2-7-15)14-5-10-17(18(22)11-14)19(24)23-16-8-3-13(4-9-16)20(25)26/h1-2,5-7,10-11,13,16H,3-4,8-9H2,(H,23,24)(H,25,26). The zero-order valence-corrected chi connectivity index (χ0v) is 14.0. The lowest BCUT2D eigenvalue weighted by molar-refractivity contribution is -0.142. The van der Waals surface area contributed by atoms with Crippen molar-refractivity contribution in [1.82, 2.24) is 5.32 Å². The molecule has 2 aromatic carbocycles. The van der Waals surface area contributed by atoms with Crippen LogP contribution in [0.3, 0.4) is 0 Å². The van der Waals surface area contributed by atoms with E-state index in [9.17, 15) is 18.4 Å². The summed E-state index contributed by atoms with van der Waals surface area (Å²) in [5, 5.41) is 11.8. The van der Waals surface area contributed by atoms with E-state index in [4.69, 9.17) is 5.11 Å². The number of halogens is 2. The minimum atomic E-state index is -0.808. The Morgan fingerprint density at radius 2 is 1.54 bits per heavy atom. The summed E-state index contributed by atoms with van der Waals surface area (Å²) in [5.74, 6) is -2.70. The number of amides is 1. The maximum absolute atomic E-state index is 14.4. The van der Waals surface area contributed by atoms with Crippen LogP contribution in [0.1, 0.15) is 36.0 Å². The van der Waals surface area contributed by atoms with Crippen LogP contribution < -0.4 is 5.32 Å². The van der Waals surface area contributed by atoms with E-state index in [1.54, 1.807) is 18.2 Å². The van der Waals surface area contributed by atoms with Crippen LogP contribution in [-0.2, 0) is 4.79 Å². The second-order valence-corrected chi connectivity index (χ2v) is 6.56. The van der Waals surface area contributed by atoms with Gasteiger partial charge in [-0.25, -0.2) is 8.78 Å². The molecule has 3 rings (SSSR count). The van der Waals surface area contributed by atoms with Gasteiger partial charge in [0, 0.05) is 6.04 Å². The summed E-state index contributed by atoms with van der Waals surface area (Å²) in [6.07, 6.45) is 2.15. The summed E-state index contributed by atoms with van der Waals surface area (Å²) in [5.41, 5.74) is 1.15. The summed E-state index contributed by atoms with van der Waals surface area (Å²) in [6.45, 7) is 0. The fourth-order valence-corrected chi connectivity index (χ4v) is 3.27. The van der Waals surface area contributed by atoms with Gasteiger partial charge >= 0.3 is 5.97 Å². The van der Waals surface area contributed by atoms with Gasteiger partial charge in [-0.15, -0.1) is 0 Å². The van der Waals surface area contributed by atoms with E-state index in [0.717, 1.165) is 0 Å². The third kappa shape index (κ3) is 4.07. The highest BCUT2D eigenvalue weighted by molar-refractivity contribution is 5.95. The summed E-state index contributed by atoms with van der Waals surface area (Å²) >= 11 is 0. The molecule has 0 bridgehead atoms. The second-order valence-electron chi connectivity index (χ2n) is 6.56. The summed E-state index contributed by atoms with van der Waals surface area (Å²) in [6, 6.07) is 9.81. The Hall–Kier alpha value is -2.76. The first-order valence-electron chi connectivity index (χ1n) is 8.53. The van der Waals surface area contributed by atoms with Gasteiger partial charge in [0.15, 0.2) is 0 Å². The van der Waals surface area contributed by atoms with Crippen molar-refractivity contribution in [3.8, 4) is 11.1 Å². The molecular formula is C20H19F2NO3. The molecule has 4 nitrogen and oxygen atoms in total. The van der Waals surface area contributed by atoms with Crippen LogP contribution in [-0.4, -0.2) is 23.0 Å². The molecule has 1 fully saturated rings. The minimum absolute atomic E-state index is 0.0591. The van der Waals surface area contributed by atoms with E-state index in [1.165, 1.54) is 24.3 Å². The number of carbonyl (C=O) groups excluding carboxylic acids is 1. The molecule has 0 spiro atoms. The maximum atomic E-state index is 14.4.